The van der Waals surface area contributed by atoms with E-state index >= 15 is 0 Å². The van der Waals surface area contributed by atoms with Crippen LogP contribution in [0.3, 0.4) is 0 Å². The minimum absolute atomic E-state index is 0.0326. The third-order valence-electron chi connectivity index (χ3n) is 3.72. The fourth-order valence-corrected chi connectivity index (χ4v) is 2.82. The van der Waals surface area contributed by atoms with Crippen LogP contribution in [0.25, 0.3) is 0 Å². The molecule has 0 saturated carbocycles. The van der Waals surface area contributed by atoms with Crippen molar-refractivity contribution in [2.75, 3.05) is 13.7 Å². The summed E-state index contributed by atoms with van der Waals surface area (Å²) in [4.78, 5) is 23.7. The number of hydrogen-bond acceptors (Lipinski definition) is 4. The van der Waals surface area contributed by atoms with E-state index in [1.807, 2.05) is 16.8 Å². The van der Waals surface area contributed by atoms with Crippen LogP contribution in [-0.2, 0) is 26.5 Å². The van der Waals surface area contributed by atoms with Gasteiger partial charge in [0, 0.05) is 19.2 Å². The molecule has 2 rings (SSSR count). The Balaban J connectivity index is 1.93. The number of hydrogen-bond donors (Lipinski definition) is 2. The smallest absolute Gasteiger partial charge is 0.309 e. The largest absolute Gasteiger partial charge is 0.372 e. The Morgan fingerprint density at radius 3 is 2.54 bits per heavy atom. The fraction of sp³-hybridized carbons (Fsp3) is 0.294. The molecule has 1 aromatic carbocycles. The van der Waals surface area contributed by atoms with Crippen LogP contribution in [-0.4, -0.2) is 25.5 Å². The van der Waals surface area contributed by atoms with Crippen molar-refractivity contribution in [3.8, 4) is 0 Å². The van der Waals surface area contributed by atoms with Crippen molar-refractivity contribution in [1.29, 1.82) is 0 Å². The minimum Gasteiger partial charge on any atom is -0.372 e. The van der Waals surface area contributed by atoms with E-state index in [9.17, 15) is 14.0 Å². The van der Waals surface area contributed by atoms with E-state index in [1.54, 1.807) is 25.1 Å². The number of ether oxygens (including phenoxy) is 1. The van der Waals surface area contributed by atoms with Crippen LogP contribution in [0, 0.1) is 5.82 Å². The van der Waals surface area contributed by atoms with E-state index in [0.29, 0.717) is 5.56 Å². The van der Waals surface area contributed by atoms with E-state index in [0.717, 1.165) is 5.56 Å². The molecule has 5 nitrogen and oxygen atoms in total. The van der Waals surface area contributed by atoms with Gasteiger partial charge in [0.05, 0.1) is 6.54 Å². The minimum atomic E-state index is -1.07. The average molecular weight is 350 g/mol. The zero-order chi connectivity index (χ0) is 17.6. The average Bonchev–Trinajstić information content (AvgIpc) is 3.11. The molecule has 0 saturated heterocycles. The van der Waals surface area contributed by atoms with E-state index < -0.39 is 23.2 Å². The van der Waals surface area contributed by atoms with E-state index in [4.69, 9.17) is 4.74 Å². The first-order chi connectivity index (χ1) is 11.5. The van der Waals surface area contributed by atoms with Gasteiger partial charge in [0.1, 0.15) is 11.4 Å². The summed E-state index contributed by atoms with van der Waals surface area (Å²) < 4.78 is 19.3. The Hall–Kier alpha value is -2.25. The highest BCUT2D eigenvalue weighted by molar-refractivity contribution is 7.07. The first-order valence-electron chi connectivity index (χ1n) is 7.33. The van der Waals surface area contributed by atoms with Crippen LogP contribution in [0.5, 0.6) is 0 Å². The molecule has 1 unspecified atom stereocenters. The second-order valence-electron chi connectivity index (χ2n) is 5.41. The molecule has 0 fully saturated rings. The van der Waals surface area contributed by atoms with Crippen LogP contribution in [0.15, 0.2) is 41.1 Å². The fourth-order valence-electron chi connectivity index (χ4n) is 2.15. The molecule has 24 heavy (non-hydrogen) atoms. The molecular formula is C17H19FN2O3S. The quantitative estimate of drug-likeness (QED) is 0.785. The van der Waals surface area contributed by atoms with Crippen LogP contribution < -0.4 is 10.6 Å². The topological polar surface area (TPSA) is 67.4 Å². The number of methoxy groups -OCH3 is 1. The molecule has 1 aromatic heterocycles. The van der Waals surface area contributed by atoms with Crippen molar-refractivity contribution in [3.63, 3.8) is 0 Å². The molecule has 128 valence electrons. The molecule has 0 bridgehead atoms. The van der Waals surface area contributed by atoms with Crippen molar-refractivity contribution in [1.82, 2.24) is 10.6 Å². The molecular weight excluding hydrogens is 331 g/mol. The first kappa shape index (κ1) is 18.1. The Morgan fingerprint density at radius 2 is 1.92 bits per heavy atom. The Bertz CT molecular complexity index is 706. The van der Waals surface area contributed by atoms with Gasteiger partial charge in [-0.2, -0.15) is 11.3 Å². The lowest BCUT2D eigenvalue weighted by atomic mass is 9.95. The summed E-state index contributed by atoms with van der Waals surface area (Å²) in [6.07, 6.45) is 0. The van der Waals surface area contributed by atoms with Gasteiger partial charge in [0.2, 0.25) is 0 Å². The third kappa shape index (κ3) is 4.39. The van der Waals surface area contributed by atoms with Crippen molar-refractivity contribution in [2.24, 2.45) is 0 Å². The number of carbonyl (C=O) groups is 2. The zero-order valence-corrected chi connectivity index (χ0v) is 14.3. The maximum absolute atomic E-state index is 14.0. The number of thiophene rings is 1. The lowest BCUT2D eigenvalue weighted by Crippen LogP contribution is -2.46. The van der Waals surface area contributed by atoms with Gasteiger partial charge in [-0.3, -0.25) is 9.59 Å². The molecule has 2 N–H and O–H groups in total. The predicted octanol–water partition coefficient (Wildman–Crippen LogP) is 2.18. The van der Waals surface area contributed by atoms with Crippen LogP contribution in [0.2, 0.25) is 0 Å². The molecule has 7 heteroatoms. The van der Waals surface area contributed by atoms with Crippen LogP contribution in [0.4, 0.5) is 4.39 Å². The summed E-state index contributed by atoms with van der Waals surface area (Å²) in [5, 5.41) is 8.80. The van der Waals surface area contributed by atoms with Gasteiger partial charge < -0.3 is 15.4 Å². The number of benzene rings is 1. The molecule has 0 aliphatic heterocycles. The monoisotopic (exact) mass is 350 g/mol. The standard InChI is InChI=1S/C17H19FN2O3S/c1-17(23-2,13-5-3-4-6-14(13)18)11-20-16(22)15(21)19-9-12-7-8-24-10-12/h3-8,10H,9,11H2,1-2H3,(H,19,21)(H,20,22). The molecule has 2 amide bonds. The van der Waals surface area contributed by atoms with Gasteiger partial charge in [-0.15, -0.1) is 0 Å². The summed E-state index contributed by atoms with van der Waals surface area (Å²) in [6, 6.07) is 8.03. The number of halogens is 1. The van der Waals surface area contributed by atoms with E-state index in [1.165, 1.54) is 24.5 Å². The molecule has 0 aliphatic rings. The SMILES string of the molecule is COC(C)(CNC(=O)C(=O)NCc1ccsc1)c1ccccc1F. The summed E-state index contributed by atoms with van der Waals surface area (Å²) in [5.41, 5.74) is 0.162. The van der Waals surface area contributed by atoms with Gasteiger partial charge in [0.25, 0.3) is 0 Å². The summed E-state index contributed by atoms with van der Waals surface area (Å²) in [7, 11) is 1.43. The third-order valence-corrected chi connectivity index (χ3v) is 4.45. The Morgan fingerprint density at radius 1 is 1.21 bits per heavy atom. The number of rotatable bonds is 6. The molecule has 0 aliphatic carbocycles. The van der Waals surface area contributed by atoms with Crippen LogP contribution >= 0.6 is 11.3 Å². The van der Waals surface area contributed by atoms with Crippen molar-refractivity contribution in [3.05, 3.63) is 58.0 Å². The molecule has 0 radical (unpaired) electrons. The second kappa shape index (κ2) is 8.03. The summed E-state index contributed by atoms with van der Waals surface area (Å²) >= 11 is 1.51. The lowest BCUT2D eigenvalue weighted by molar-refractivity contribution is -0.140. The summed E-state index contributed by atoms with van der Waals surface area (Å²) in [5.74, 6) is -1.96. The normalized spacial score (nSPS) is 13.1. The van der Waals surface area contributed by atoms with Crippen molar-refractivity contribution < 1.29 is 18.7 Å². The van der Waals surface area contributed by atoms with E-state index in [2.05, 4.69) is 10.6 Å². The van der Waals surface area contributed by atoms with Gasteiger partial charge in [0.15, 0.2) is 0 Å². The van der Waals surface area contributed by atoms with Crippen molar-refractivity contribution >= 4 is 23.2 Å². The summed E-state index contributed by atoms with van der Waals surface area (Å²) in [6.45, 7) is 1.90. The maximum atomic E-state index is 14.0. The van der Waals surface area contributed by atoms with Gasteiger partial charge in [-0.1, -0.05) is 18.2 Å². The highest BCUT2D eigenvalue weighted by Gasteiger charge is 2.30. The number of carbonyl (C=O) groups excluding carboxylic acids is 2. The molecule has 2 aromatic rings. The Labute approximate surface area is 143 Å². The second-order valence-corrected chi connectivity index (χ2v) is 6.19. The highest BCUT2D eigenvalue weighted by Crippen LogP contribution is 2.26. The molecule has 0 spiro atoms. The van der Waals surface area contributed by atoms with Crippen molar-refractivity contribution in [2.45, 2.75) is 19.1 Å². The van der Waals surface area contributed by atoms with Gasteiger partial charge in [-0.05, 0) is 35.4 Å². The van der Waals surface area contributed by atoms with E-state index in [-0.39, 0.29) is 13.1 Å². The first-order valence-corrected chi connectivity index (χ1v) is 8.28. The highest BCUT2D eigenvalue weighted by atomic mass is 32.1. The van der Waals surface area contributed by atoms with Gasteiger partial charge >= 0.3 is 11.8 Å². The Kier molecular flexibility index (Phi) is 6.05. The number of nitrogens with one attached hydrogen (secondary N) is 2. The maximum Gasteiger partial charge on any atom is 0.309 e. The van der Waals surface area contributed by atoms with Gasteiger partial charge in [-0.25, -0.2) is 4.39 Å². The lowest BCUT2D eigenvalue weighted by Gasteiger charge is -2.29. The number of amides is 2. The zero-order valence-electron chi connectivity index (χ0n) is 13.5. The molecule has 1 atom stereocenters. The predicted molar refractivity (Wildman–Crippen MR) is 89.9 cm³/mol. The van der Waals surface area contributed by atoms with Crippen LogP contribution in [0.1, 0.15) is 18.1 Å². The molecule has 1 heterocycles.